The first-order valence-electron chi connectivity index (χ1n) is 9.07. The molecule has 1 fully saturated rings. The van der Waals surface area contributed by atoms with Gasteiger partial charge in [-0.05, 0) is 64.6 Å². The van der Waals surface area contributed by atoms with E-state index in [0.29, 0.717) is 6.04 Å². The Kier molecular flexibility index (Phi) is 9.54. The van der Waals surface area contributed by atoms with Crippen molar-refractivity contribution in [3.05, 3.63) is 0 Å². The number of hydrogen-bond donors (Lipinski definition) is 1. The Morgan fingerprint density at radius 3 is 2.25 bits per heavy atom. The quantitative estimate of drug-likeness (QED) is 0.596. The SMILES string of the molecule is CCC1CCC(N(C)CCCCCCNC(C)C)CC1. The highest BCUT2D eigenvalue weighted by atomic mass is 15.1. The van der Waals surface area contributed by atoms with Gasteiger partial charge in [-0.1, -0.05) is 40.0 Å². The molecule has 0 unspecified atom stereocenters. The number of unbranched alkanes of at least 4 members (excludes halogenated alkanes) is 3. The molecule has 0 aromatic heterocycles. The molecule has 120 valence electrons. The lowest BCUT2D eigenvalue weighted by molar-refractivity contribution is 0.161. The fourth-order valence-corrected chi connectivity index (χ4v) is 3.41. The second-order valence-corrected chi connectivity index (χ2v) is 7.09. The molecule has 1 aliphatic carbocycles. The Balaban J connectivity index is 1.96. The number of rotatable bonds is 10. The summed E-state index contributed by atoms with van der Waals surface area (Å²) in [6, 6.07) is 1.51. The van der Waals surface area contributed by atoms with Gasteiger partial charge in [0.15, 0.2) is 0 Å². The maximum Gasteiger partial charge on any atom is 0.00924 e. The maximum atomic E-state index is 3.50. The normalized spacial score (nSPS) is 23.7. The lowest BCUT2D eigenvalue weighted by atomic mass is 9.84. The van der Waals surface area contributed by atoms with E-state index < -0.39 is 0 Å². The van der Waals surface area contributed by atoms with Crippen molar-refractivity contribution in [2.75, 3.05) is 20.1 Å². The van der Waals surface area contributed by atoms with Gasteiger partial charge in [-0.3, -0.25) is 0 Å². The molecule has 0 heterocycles. The second kappa shape index (κ2) is 10.6. The molecular formula is C18H38N2. The molecule has 0 bridgehead atoms. The van der Waals surface area contributed by atoms with E-state index in [1.54, 1.807) is 0 Å². The van der Waals surface area contributed by atoms with Gasteiger partial charge in [-0.2, -0.15) is 0 Å². The monoisotopic (exact) mass is 282 g/mol. The Morgan fingerprint density at radius 1 is 1.00 bits per heavy atom. The molecule has 0 atom stereocenters. The summed E-state index contributed by atoms with van der Waals surface area (Å²) in [6.45, 7) is 9.29. The maximum absolute atomic E-state index is 3.50. The predicted octanol–water partition coefficient (Wildman–Crippen LogP) is 4.45. The summed E-state index contributed by atoms with van der Waals surface area (Å²) >= 11 is 0. The fourth-order valence-electron chi connectivity index (χ4n) is 3.41. The predicted molar refractivity (Wildman–Crippen MR) is 90.3 cm³/mol. The molecule has 20 heavy (non-hydrogen) atoms. The average molecular weight is 283 g/mol. The van der Waals surface area contributed by atoms with Crippen LogP contribution in [0.4, 0.5) is 0 Å². The highest BCUT2D eigenvalue weighted by Gasteiger charge is 2.22. The molecule has 2 heteroatoms. The Bertz CT molecular complexity index is 219. The summed E-state index contributed by atoms with van der Waals surface area (Å²) in [5, 5.41) is 3.50. The van der Waals surface area contributed by atoms with E-state index in [1.807, 2.05) is 0 Å². The summed E-state index contributed by atoms with van der Waals surface area (Å²) in [5.41, 5.74) is 0. The van der Waals surface area contributed by atoms with Crippen LogP contribution < -0.4 is 5.32 Å². The Hall–Kier alpha value is -0.0800. The highest BCUT2D eigenvalue weighted by molar-refractivity contribution is 4.77. The topological polar surface area (TPSA) is 15.3 Å². The minimum Gasteiger partial charge on any atom is -0.315 e. The van der Waals surface area contributed by atoms with Gasteiger partial charge in [0.1, 0.15) is 0 Å². The Morgan fingerprint density at radius 2 is 1.65 bits per heavy atom. The Labute approximate surface area is 127 Å². The lowest BCUT2D eigenvalue weighted by Gasteiger charge is -2.34. The van der Waals surface area contributed by atoms with Gasteiger partial charge in [0.05, 0.1) is 0 Å². The van der Waals surface area contributed by atoms with E-state index in [2.05, 4.69) is 38.0 Å². The number of hydrogen-bond acceptors (Lipinski definition) is 2. The van der Waals surface area contributed by atoms with Crippen molar-refractivity contribution in [2.24, 2.45) is 5.92 Å². The molecule has 0 aliphatic heterocycles. The molecular weight excluding hydrogens is 244 g/mol. The van der Waals surface area contributed by atoms with E-state index >= 15 is 0 Å². The van der Waals surface area contributed by atoms with Crippen molar-refractivity contribution < 1.29 is 0 Å². The third kappa shape index (κ3) is 7.64. The van der Waals surface area contributed by atoms with Crippen LogP contribution in [0.25, 0.3) is 0 Å². The van der Waals surface area contributed by atoms with E-state index in [0.717, 1.165) is 12.0 Å². The molecule has 1 saturated carbocycles. The second-order valence-electron chi connectivity index (χ2n) is 7.09. The molecule has 0 spiro atoms. The summed E-state index contributed by atoms with van der Waals surface area (Å²) in [6.07, 6.45) is 12.7. The zero-order valence-corrected chi connectivity index (χ0v) is 14.5. The third-order valence-electron chi connectivity index (χ3n) is 5.01. The third-order valence-corrected chi connectivity index (χ3v) is 5.01. The molecule has 0 saturated heterocycles. The van der Waals surface area contributed by atoms with Crippen LogP contribution in [0.3, 0.4) is 0 Å². The molecule has 0 aromatic rings. The van der Waals surface area contributed by atoms with Gasteiger partial charge in [0.2, 0.25) is 0 Å². The van der Waals surface area contributed by atoms with Gasteiger partial charge >= 0.3 is 0 Å². The number of nitrogens with zero attached hydrogens (tertiary/aromatic N) is 1. The van der Waals surface area contributed by atoms with Crippen LogP contribution in [0.2, 0.25) is 0 Å². The van der Waals surface area contributed by atoms with Crippen molar-refractivity contribution in [1.82, 2.24) is 10.2 Å². The van der Waals surface area contributed by atoms with Gasteiger partial charge in [0.25, 0.3) is 0 Å². The molecule has 2 nitrogen and oxygen atoms in total. The van der Waals surface area contributed by atoms with Gasteiger partial charge < -0.3 is 10.2 Å². The van der Waals surface area contributed by atoms with Gasteiger partial charge in [-0.15, -0.1) is 0 Å². The minimum absolute atomic E-state index is 0.638. The summed E-state index contributed by atoms with van der Waals surface area (Å²) in [5.74, 6) is 1.02. The first kappa shape index (κ1) is 18.0. The zero-order valence-electron chi connectivity index (χ0n) is 14.5. The molecule has 0 amide bonds. The summed E-state index contributed by atoms with van der Waals surface area (Å²) in [7, 11) is 2.34. The molecule has 1 aliphatic rings. The number of nitrogens with one attached hydrogen (secondary N) is 1. The minimum atomic E-state index is 0.638. The van der Waals surface area contributed by atoms with Crippen LogP contribution in [0.1, 0.15) is 78.6 Å². The fraction of sp³-hybridized carbons (Fsp3) is 1.00. The van der Waals surface area contributed by atoms with E-state index in [-0.39, 0.29) is 0 Å². The van der Waals surface area contributed by atoms with E-state index in [1.165, 1.54) is 70.9 Å². The van der Waals surface area contributed by atoms with Crippen molar-refractivity contribution >= 4 is 0 Å². The summed E-state index contributed by atoms with van der Waals surface area (Å²) < 4.78 is 0. The molecule has 1 rings (SSSR count). The van der Waals surface area contributed by atoms with Crippen LogP contribution in [-0.4, -0.2) is 37.1 Å². The highest BCUT2D eigenvalue weighted by Crippen LogP contribution is 2.28. The van der Waals surface area contributed by atoms with Crippen molar-refractivity contribution in [3.8, 4) is 0 Å². The largest absolute Gasteiger partial charge is 0.315 e. The zero-order chi connectivity index (χ0) is 14.8. The van der Waals surface area contributed by atoms with Gasteiger partial charge in [0, 0.05) is 12.1 Å². The average Bonchev–Trinajstić information content (AvgIpc) is 2.45. The van der Waals surface area contributed by atoms with E-state index in [4.69, 9.17) is 0 Å². The van der Waals surface area contributed by atoms with Crippen LogP contribution >= 0.6 is 0 Å². The molecule has 0 radical (unpaired) electrons. The standard InChI is InChI=1S/C18H38N2/c1-5-17-10-12-18(13-11-17)20(4)15-9-7-6-8-14-19-16(2)3/h16-19H,5-15H2,1-4H3. The lowest BCUT2D eigenvalue weighted by Crippen LogP contribution is -2.35. The van der Waals surface area contributed by atoms with Crippen LogP contribution in [0, 0.1) is 5.92 Å². The first-order valence-corrected chi connectivity index (χ1v) is 9.07. The molecule has 1 N–H and O–H groups in total. The van der Waals surface area contributed by atoms with Crippen molar-refractivity contribution in [3.63, 3.8) is 0 Å². The van der Waals surface area contributed by atoms with Crippen molar-refractivity contribution in [2.45, 2.75) is 90.6 Å². The molecule has 0 aromatic carbocycles. The smallest absolute Gasteiger partial charge is 0.00924 e. The van der Waals surface area contributed by atoms with Crippen molar-refractivity contribution in [1.29, 1.82) is 0 Å². The van der Waals surface area contributed by atoms with Gasteiger partial charge in [-0.25, -0.2) is 0 Å². The van der Waals surface area contributed by atoms with Crippen LogP contribution in [0.15, 0.2) is 0 Å². The summed E-state index contributed by atoms with van der Waals surface area (Å²) in [4.78, 5) is 2.64. The van der Waals surface area contributed by atoms with Crippen LogP contribution in [-0.2, 0) is 0 Å². The van der Waals surface area contributed by atoms with E-state index in [9.17, 15) is 0 Å². The first-order chi connectivity index (χ1) is 9.63. The van der Waals surface area contributed by atoms with Crippen LogP contribution in [0.5, 0.6) is 0 Å².